The molecule has 2 aromatic rings. The van der Waals surface area contributed by atoms with E-state index in [1.807, 2.05) is 30.3 Å². The first-order chi connectivity index (χ1) is 9.59. The van der Waals surface area contributed by atoms with Crippen molar-refractivity contribution in [3.05, 3.63) is 71.0 Å². The summed E-state index contributed by atoms with van der Waals surface area (Å²) < 4.78 is 39.7. The minimum absolute atomic E-state index is 0.138. The van der Waals surface area contributed by atoms with Gasteiger partial charge in [-0.25, -0.2) is 13.2 Å². The molecule has 0 aliphatic heterocycles. The van der Waals surface area contributed by atoms with Gasteiger partial charge in [-0.2, -0.15) is 0 Å². The lowest BCUT2D eigenvalue weighted by atomic mass is 10.0. The van der Waals surface area contributed by atoms with E-state index in [9.17, 15) is 18.3 Å². The van der Waals surface area contributed by atoms with Gasteiger partial charge in [0, 0.05) is 5.56 Å². The van der Waals surface area contributed by atoms with E-state index in [2.05, 4.69) is 0 Å². The molecule has 3 rings (SSSR count). The topological polar surface area (TPSA) is 20.2 Å². The Morgan fingerprint density at radius 1 is 0.950 bits per heavy atom. The van der Waals surface area contributed by atoms with Crippen LogP contribution in [0.5, 0.6) is 0 Å². The molecule has 0 spiro atoms. The van der Waals surface area contributed by atoms with E-state index in [-0.39, 0.29) is 17.4 Å². The number of benzene rings is 2. The van der Waals surface area contributed by atoms with Crippen molar-refractivity contribution in [3.8, 4) is 0 Å². The van der Waals surface area contributed by atoms with Crippen LogP contribution >= 0.6 is 0 Å². The standard InChI is InChI=1S/C16H13F3O/c17-13-7-6-10(14(18)15(13)19)16(20)12-8-11(12)9-4-2-1-3-5-9/h1-7,11-12,16,20H,8H2. The Morgan fingerprint density at radius 2 is 1.65 bits per heavy atom. The fourth-order valence-corrected chi connectivity index (χ4v) is 2.65. The van der Waals surface area contributed by atoms with Gasteiger partial charge in [-0.15, -0.1) is 0 Å². The van der Waals surface area contributed by atoms with Gasteiger partial charge in [-0.1, -0.05) is 36.4 Å². The van der Waals surface area contributed by atoms with E-state index in [1.54, 1.807) is 0 Å². The fraction of sp³-hybridized carbons (Fsp3) is 0.250. The molecule has 1 aliphatic rings. The SMILES string of the molecule is OC(c1ccc(F)c(F)c1F)C1CC1c1ccccc1. The second-order valence-corrected chi connectivity index (χ2v) is 5.13. The summed E-state index contributed by atoms with van der Waals surface area (Å²) >= 11 is 0. The summed E-state index contributed by atoms with van der Waals surface area (Å²) in [7, 11) is 0. The van der Waals surface area contributed by atoms with Crippen molar-refractivity contribution in [3.63, 3.8) is 0 Å². The molecule has 2 aromatic carbocycles. The quantitative estimate of drug-likeness (QED) is 0.843. The minimum Gasteiger partial charge on any atom is -0.388 e. The highest BCUT2D eigenvalue weighted by Gasteiger charge is 2.44. The van der Waals surface area contributed by atoms with Crippen LogP contribution in [0.1, 0.15) is 29.6 Å². The molecule has 0 radical (unpaired) electrons. The monoisotopic (exact) mass is 278 g/mol. The van der Waals surface area contributed by atoms with Crippen molar-refractivity contribution in [2.45, 2.75) is 18.4 Å². The second-order valence-electron chi connectivity index (χ2n) is 5.13. The third-order valence-electron chi connectivity index (χ3n) is 3.86. The van der Waals surface area contributed by atoms with E-state index in [0.29, 0.717) is 6.42 Å². The van der Waals surface area contributed by atoms with E-state index >= 15 is 0 Å². The first kappa shape index (κ1) is 13.2. The first-order valence-corrected chi connectivity index (χ1v) is 6.46. The van der Waals surface area contributed by atoms with Crippen molar-refractivity contribution < 1.29 is 18.3 Å². The first-order valence-electron chi connectivity index (χ1n) is 6.46. The zero-order chi connectivity index (χ0) is 14.3. The maximum Gasteiger partial charge on any atom is 0.194 e. The zero-order valence-corrected chi connectivity index (χ0v) is 10.6. The lowest BCUT2D eigenvalue weighted by Crippen LogP contribution is -2.07. The molecule has 0 bridgehead atoms. The molecule has 1 fully saturated rings. The smallest absolute Gasteiger partial charge is 0.194 e. The normalized spacial score (nSPS) is 22.6. The number of aliphatic hydroxyl groups is 1. The summed E-state index contributed by atoms with van der Waals surface area (Å²) in [5, 5.41) is 10.2. The zero-order valence-electron chi connectivity index (χ0n) is 10.6. The fourth-order valence-electron chi connectivity index (χ4n) is 2.65. The highest BCUT2D eigenvalue weighted by molar-refractivity contribution is 5.30. The van der Waals surface area contributed by atoms with Crippen molar-refractivity contribution in [1.82, 2.24) is 0 Å². The van der Waals surface area contributed by atoms with Crippen molar-refractivity contribution >= 4 is 0 Å². The maximum absolute atomic E-state index is 13.7. The Kier molecular flexibility index (Phi) is 3.26. The third-order valence-corrected chi connectivity index (χ3v) is 3.86. The molecule has 1 nitrogen and oxygen atoms in total. The Morgan fingerprint density at radius 3 is 2.35 bits per heavy atom. The second kappa shape index (κ2) is 4.94. The highest BCUT2D eigenvalue weighted by atomic mass is 19.2. The van der Waals surface area contributed by atoms with Gasteiger partial charge in [0.1, 0.15) is 0 Å². The van der Waals surface area contributed by atoms with Gasteiger partial charge in [0.15, 0.2) is 17.5 Å². The summed E-state index contributed by atoms with van der Waals surface area (Å²) in [6.45, 7) is 0. The number of aliphatic hydroxyl groups excluding tert-OH is 1. The molecule has 104 valence electrons. The summed E-state index contributed by atoms with van der Waals surface area (Å²) in [6, 6.07) is 11.5. The van der Waals surface area contributed by atoms with E-state index < -0.39 is 23.6 Å². The average molecular weight is 278 g/mol. The van der Waals surface area contributed by atoms with Crippen LogP contribution in [0.25, 0.3) is 0 Å². The molecule has 0 saturated heterocycles. The van der Waals surface area contributed by atoms with Crippen LogP contribution in [-0.4, -0.2) is 5.11 Å². The van der Waals surface area contributed by atoms with Gasteiger partial charge in [-0.3, -0.25) is 0 Å². The molecule has 1 saturated carbocycles. The molecule has 1 aliphatic carbocycles. The Bertz CT molecular complexity index is 627. The van der Waals surface area contributed by atoms with Crippen LogP contribution in [0.3, 0.4) is 0 Å². The number of rotatable bonds is 3. The summed E-state index contributed by atoms with van der Waals surface area (Å²) in [5.41, 5.74) is 0.895. The molecule has 0 heterocycles. The van der Waals surface area contributed by atoms with Crippen molar-refractivity contribution in [2.24, 2.45) is 5.92 Å². The highest BCUT2D eigenvalue weighted by Crippen LogP contribution is 2.54. The van der Waals surface area contributed by atoms with Gasteiger partial charge in [0.2, 0.25) is 0 Å². The molecule has 20 heavy (non-hydrogen) atoms. The summed E-state index contributed by atoms with van der Waals surface area (Å²) in [6.07, 6.45) is -0.404. The van der Waals surface area contributed by atoms with Gasteiger partial charge in [0.05, 0.1) is 6.10 Å². The molecule has 0 amide bonds. The van der Waals surface area contributed by atoms with E-state index in [1.165, 1.54) is 0 Å². The van der Waals surface area contributed by atoms with E-state index in [0.717, 1.165) is 17.7 Å². The van der Waals surface area contributed by atoms with Crippen LogP contribution in [0.2, 0.25) is 0 Å². The number of hydrogen-bond acceptors (Lipinski definition) is 1. The van der Waals surface area contributed by atoms with Crippen LogP contribution in [-0.2, 0) is 0 Å². The number of hydrogen-bond donors (Lipinski definition) is 1. The van der Waals surface area contributed by atoms with Crippen LogP contribution in [0, 0.1) is 23.4 Å². The third kappa shape index (κ3) is 2.20. The van der Waals surface area contributed by atoms with Crippen LogP contribution in [0.15, 0.2) is 42.5 Å². The van der Waals surface area contributed by atoms with E-state index in [4.69, 9.17) is 0 Å². The Balaban J connectivity index is 1.82. The van der Waals surface area contributed by atoms with Gasteiger partial charge >= 0.3 is 0 Å². The molecule has 4 heteroatoms. The lowest BCUT2D eigenvalue weighted by molar-refractivity contribution is 0.145. The van der Waals surface area contributed by atoms with Crippen molar-refractivity contribution in [2.75, 3.05) is 0 Å². The van der Waals surface area contributed by atoms with Crippen LogP contribution < -0.4 is 0 Å². The average Bonchev–Trinajstić information content (AvgIpc) is 3.26. The Labute approximate surface area is 114 Å². The van der Waals surface area contributed by atoms with Crippen molar-refractivity contribution in [1.29, 1.82) is 0 Å². The molecule has 1 N–H and O–H groups in total. The molecule has 0 aromatic heterocycles. The summed E-state index contributed by atoms with van der Waals surface area (Å²) in [5.74, 6) is -4.08. The molecular weight excluding hydrogens is 265 g/mol. The predicted octanol–water partition coefficient (Wildman–Crippen LogP) is 3.94. The summed E-state index contributed by atoms with van der Waals surface area (Å²) in [4.78, 5) is 0. The van der Waals surface area contributed by atoms with Crippen LogP contribution in [0.4, 0.5) is 13.2 Å². The largest absolute Gasteiger partial charge is 0.388 e. The minimum atomic E-state index is -1.53. The number of halogens is 3. The maximum atomic E-state index is 13.7. The Hall–Kier alpha value is -1.81. The predicted molar refractivity (Wildman–Crippen MR) is 68.6 cm³/mol. The van der Waals surface area contributed by atoms with Gasteiger partial charge in [0.25, 0.3) is 0 Å². The lowest BCUT2D eigenvalue weighted by Gasteiger charge is -2.12. The van der Waals surface area contributed by atoms with Gasteiger partial charge < -0.3 is 5.11 Å². The molecule has 3 atom stereocenters. The molecule has 3 unspecified atom stereocenters. The van der Waals surface area contributed by atoms with Gasteiger partial charge in [-0.05, 0) is 29.9 Å². The molecular formula is C16H13F3O.